The molecule has 15 heavy (non-hydrogen) atoms. The molecule has 0 amide bonds. The first kappa shape index (κ1) is 11.6. The fourth-order valence-corrected chi connectivity index (χ4v) is 1.45. The van der Waals surface area contributed by atoms with E-state index < -0.39 is 0 Å². The van der Waals surface area contributed by atoms with Crippen molar-refractivity contribution >= 4 is 23.2 Å². The van der Waals surface area contributed by atoms with Crippen LogP contribution in [0.5, 0.6) is 0 Å². The van der Waals surface area contributed by atoms with E-state index in [9.17, 15) is 0 Å². The van der Waals surface area contributed by atoms with Gasteiger partial charge in [-0.25, -0.2) is 9.97 Å². The van der Waals surface area contributed by atoms with Gasteiger partial charge in [0.05, 0.1) is 6.54 Å². The minimum Gasteiger partial charge on any atom is -0.382 e. The first-order chi connectivity index (χ1) is 7.20. The predicted molar refractivity (Wildman–Crippen MR) is 62.8 cm³/mol. The van der Waals surface area contributed by atoms with Gasteiger partial charge in [-0.1, -0.05) is 24.4 Å². The van der Waals surface area contributed by atoms with Crippen LogP contribution in [0.1, 0.15) is 13.3 Å². The van der Waals surface area contributed by atoms with Crippen molar-refractivity contribution in [2.45, 2.75) is 13.3 Å². The second-order valence-corrected chi connectivity index (χ2v) is 3.40. The second-order valence-electron chi connectivity index (χ2n) is 3.02. The van der Waals surface area contributed by atoms with Crippen molar-refractivity contribution in [1.29, 1.82) is 0 Å². The fraction of sp³-hybridized carbons (Fsp3) is 0.400. The lowest BCUT2D eigenvalue weighted by Gasteiger charge is -2.21. The minimum atomic E-state index is 0.278. The summed E-state index contributed by atoms with van der Waals surface area (Å²) < 4.78 is 0. The van der Waals surface area contributed by atoms with Crippen LogP contribution in [0, 0.1) is 12.3 Å². The zero-order chi connectivity index (χ0) is 11.3. The maximum atomic E-state index is 6.00. The van der Waals surface area contributed by atoms with E-state index >= 15 is 0 Å². The Morgan fingerprint density at radius 1 is 1.60 bits per heavy atom. The summed E-state index contributed by atoms with van der Waals surface area (Å²) >= 11 is 6.00. The van der Waals surface area contributed by atoms with E-state index in [4.69, 9.17) is 23.8 Å². The molecule has 0 aliphatic heterocycles. The number of terminal acetylenes is 1. The third-order valence-electron chi connectivity index (χ3n) is 1.87. The van der Waals surface area contributed by atoms with Crippen molar-refractivity contribution in [3.63, 3.8) is 0 Å². The third kappa shape index (κ3) is 2.74. The molecule has 4 nitrogen and oxygen atoms in total. The number of nitrogens with two attached hydrogens (primary N) is 1. The number of nitrogen functional groups attached to an aromatic ring is 1. The summed E-state index contributed by atoms with van der Waals surface area (Å²) in [7, 11) is 0. The molecule has 0 bridgehead atoms. The van der Waals surface area contributed by atoms with Crippen molar-refractivity contribution < 1.29 is 0 Å². The molecule has 5 heteroatoms. The lowest BCUT2D eigenvalue weighted by Crippen LogP contribution is -2.26. The summed E-state index contributed by atoms with van der Waals surface area (Å²) in [4.78, 5) is 9.79. The van der Waals surface area contributed by atoms with E-state index in [1.807, 2.05) is 4.90 Å². The molecular formula is C10H13ClN4. The van der Waals surface area contributed by atoms with Gasteiger partial charge in [0.15, 0.2) is 5.82 Å². The number of nitrogens with zero attached hydrogens (tertiary/aromatic N) is 3. The Hall–Kier alpha value is -1.47. The second kappa shape index (κ2) is 5.42. The van der Waals surface area contributed by atoms with Crippen molar-refractivity contribution in [1.82, 2.24) is 9.97 Å². The molecule has 0 aromatic carbocycles. The number of halogens is 1. The highest BCUT2D eigenvalue weighted by molar-refractivity contribution is 6.35. The van der Waals surface area contributed by atoms with Crippen LogP contribution in [0.3, 0.4) is 0 Å². The smallest absolute Gasteiger partial charge is 0.153 e. The Balaban J connectivity index is 3.00. The quantitative estimate of drug-likeness (QED) is 0.789. The molecule has 0 radical (unpaired) electrons. The number of hydrogen-bond donors (Lipinski definition) is 1. The molecule has 0 fully saturated rings. The summed E-state index contributed by atoms with van der Waals surface area (Å²) in [6.45, 7) is 3.31. The topological polar surface area (TPSA) is 55.0 Å². The van der Waals surface area contributed by atoms with Gasteiger partial charge in [-0.15, -0.1) is 6.42 Å². The van der Waals surface area contributed by atoms with Gasteiger partial charge in [0.2, 0.25) is 0 Å². The van der Waals surface area contributed by atoms with Crippen LogP contribution in [0.15, 0.2) is 6.33 Å². The normalized spacial score (nSPS) is 9.67. The highest BCUT2D eigenvalue weighted by Crippen LogP contribution is 2.26. The monoisotopic (exact) mass is 224 g/mol. The minimum absolute atomic E-state index is 0.278. The number of hydrogen-bond acceptors (Lipinski definition) is 4. The van der Waals surface area contributed by atoms with Crippen LogP contribution in [0.25, 0.3) is 0 Å². The molecule has 0 saturated heterocycles. The van der Waals surface area contributed by atoms with Crippen LogP contribution in [-0.4, -0.2) is 23.1 Å². The van der Waals surface area contributed by atoms with Gasteiger partial charge in [-0.2, -0.15) is 0 Å². The number of anilines is 2. The first-order valence-corrected chi connectivity index (χ1v) is 5.02. The van der Waals surface area contributed by atoms with E-state index in [-0.39, 0.29) is 5.82 Å². The molecule has 0 atom stereocenters. The average Bonchev–Trinajstić information content (AvgIpc) is 2.22. The van der Waals surface area contributed by atoms with Crippen molar-refractivity contribution in [3.8, 4) is 12.3 Å². The molecule has 80 valence electrons. The van der Waals surface area contributed by atoms with E-state index in [2.05, 4.69) is 22.8 Å². The van der Waals surface area contributed by atoms with Crippen LogP contribution in [0.2, 0.25) is 5.02 Å². The van der Waals surface area contributed by atoms with Gasteiger partial charge < -0.3 is 10.6 Å². The van der Waals surface area contributed by atoms with E-state index in [1.165, 1.54) is 6.33 Å². The zero-order valence-electron chi connectivity index (χ0n) is 8.57. The summed E-state index contributed by atoms with van der Waals surface area (Å²) in [6.07, 6.45) is 7.62. The fourth-order valence-electron chi connectivity index (χ4n) is 1.23. The van der Waals surface area contributed by atoms with Crippen LogP contribution >= 0.6 is 11.6 Å². The average molecular weight is 225 g/mol. The SMILES string of the molecule is C#CCN(CCC)c1ncnc(N)c1Cl. The maximum absolute atomic E-state index is 6.00. The summed E-state index contributed by atoms with van der Waals surface area (Å²) in [5.74, 6) is 3.44. The molecule has 1 aromatic heterocycles. The largest absolute Gasteiger partial charge is 0.382 e. The van der Waals surface area contributed by atoms with Gasteiger partial charge >= 0.3 is 0 Å². The number of aromatic nitrogens is 2. The van der Waals surface area contributed by atoms with Gasteiger partial charge in [0.25, 0.3) is 0 Å². The van der Waals surface area contributed by atoms with Crippen LogP contribution in [-0.2, 0) is 0 Å². The first-order valence-electron chi connectivity index (χ1n) is 4.65. The van der Waals surface area contributed by atoms with Gasteiger partial charge in [-0.3, -0.25) is 0 Å². The molecule has 0 saturated carbocycles. The van der Waals surface area contributed by atoms with Crippen molar-refractivity contribution in [3.05, 3.63) is 11.3 Å². The van der Waals surface area contributed by atoms with Crippen molar-refractivity contribution in [2.75, 3.05) is 23.7 Å². The van der Waals surface area contributed by atoms with Gasteiger partial charge in [0.1, 0.15) is 17.2 Å². The van der Waals surface area contributed by atoms with E-state index in [0.717, 1.165) is 13.0 Å². The standard InChI is InChI=1S/C10H13ClN4/c1-3-5-15(6-4-2)10-8(11)9(12)13-7-14-10/h1,7H,4-6H2,2H3,(H2,12,13,14). The summed E-state index contributed by atoms with van der Waals surface area (Å²) in [6, 6.07) is 0. The van der Waals surface area contributed by atoms with E-state index in [0.29, 0.717) is 17.4 Å². The molecule has 0 aliphatic rings. The summed E-state index contributed by atoms with van der Waals surface area (Å²) in [5, 5.41) is 0.362. The maximum Gasteiger partial charge on any atom is 0.153 e. The highest BCUT2D eigenvalue weighted by Gasteiger charge is 2.12. The van der Waals surface area contributed by atoms with Crippen molar-refractivity contribution in [2.24, 2.45) is 0 Å². The van der Waals surface area contributed by atoms with Crippen LogP contribution < -0.4 is 10.6 Å². The Morgan fingerprint density at radius 3 is 2.93 bits per heavy atom. The molecule has 1 rings (SSSR count). The van der Waals surface area contributed by atoms with Gasteiger partial charge in [0, 0.05) is 6.54 Å². The Morgan fingerprint density at radius 2 is 2.33 bits per heavy atom. The Kier molecular flexibility index (Phi) is 4.19. The molecular weight excluding hydrogens is 212 g/mol. The molecule has 1 aromatic rings. The number of rotatable bonds is 4. The molecule has 0 aliphatic carbocycles. The Bertz CT molecular complexity index is 372. The molecule has 0 unspecified atom stereocenters. The zero-order valence-corrected chi connectivity index (χ0v) is 9.33. The van der Waals surface area contributed by atoms with E-state index in [1.54, 1.807) is 0 Å². The third-order valence-corrected chi connectivity index (χ3v) is 2.24. The van der Waals surface area contributed by atoms with Gasteiger partial charge in [-0.05, 0) is 6.42 Å². The summed E-state index contributed by atoms with van der Waals surface area (Å²) in [5.41, 5.74) is 5.59. The molecule has 0 spiro atoms. The lowest BCUT2D eigenvalue weighted by atomic mass is 10.3. The highest BCUT2D eigenvalue weighted by atomic mass is 35.5. The molecule has 2 N–H and O–H groups in total. The predicted octanol–water partition coefficient (Wildman–Crippen LogP) is 1.56. The lowest BCUT2D eigenvalue weighted by molar-refractivity contribution is 0.807. The van der Waals surface area contributed by atoms with Crippen LogP contribution in [0.4, 0.5) is 11.6 Å². The Labute approximate surface area is 94.5 Å². The molecule has 1 heterocycles.